The fraction of sp³-hybridized carbons (Fsp3) is 0.636. The molecular weight excluding hydrogens is 518 g/mol. The number of carbonyl (C=O) groups is 3. The number of nitrogens with zero attached hydrogens (tertiary/aromatic N) is 3. The zero-order valence-electron chi connectivity index (χ0n) is 19.8. The summed E-state index contributed by atoms with van der Waals surface area (Å²) in [6, 6.07) is 2.44. The molecule has 0 radical (unpaired) electrons. The van der Waals surface area contributed by atoms with Gasteiger partial charge in [-0.2, -0.15) is 0 Å². The predicted molar refractivity (Wildman–Crippen MR) is 127 cm³/mol. The van der Waals surface area contributed by atoms with Crippen LogP contribution in [0, 0.1) is 0 Å². The van der Waals surface area contributed by atoms with Gasteiger partial charge in [-0.1, -0.05) is 11.6 Å². The van der Waals surface area contributed by atoms with Crippen LogP contribution < -0.4 is 0 Å². The molecule has 0 bridgehead atoms. The SMILES string of the molecule is CC(C)(C)OC(=O)N(CC(=O)c1cc(Cl)nc(Br)c1)CC1COCCN1C(=O)OC(C)(C)C. The summed E-state index contributed by atoms with van der Waals surface area (Å²) in [6.07, 6.45) is -1.18. The van der Waals surface area contributed by atoms with E-state index in [0.717, 1.165) is 0 Å². The third-order valence-corrected chi connectivity index (χ3v) is 4.96. The number of ketones is 1. The summed E-state index contributed by atoms with van der Waals surface area (Å²) in [4.78, 5) is 45.5. The molecule has 2 amide bonds. The van der Waals surface area contributed by atoms with Crippen LogP contribution in [0.2, 0.25) is 5.15 Å². The van der Waals surface area contributed by atoms with Gasteiger partial charge in [0.15, 0.2) is 5.78 Å². The van der Waals surface area contributed by atoms with Gasteiger partial charge in [-0.15, -0.1) is 0 Å². The van der Waals surface area contributed by atoms with E-state index in [1.54, 1.807) is 41.5 Å². The maximum absolute atomic E-state index is 13.0. The topological polar surface area (TPSA) is 98.3 Å². The highest BCUT2D eigenvalue weighted by atomic mass is 79.9. The number of ether oxygens (including phenoxy) is 3. The van der Waals surface area contributed by atoms with Crippen molar-refractivity contribution < 1.29 is 28.6 Å². The van der Waals surface area contributed by atoms with Crippen molar-refractivity contribution in [1.29, 1.82) is 0 Å². The standard InChI is InChI=1S/C22H31BrClN3O6/c1-21(2,3)32-19(29)26(12-16(28)14-9-17(23)25-18(24)10-14)11-15-13-31-8-7-27(15)20(30)33-22(4,5)6/h9-10,15H,7-8,11-13H2,1-6H3. The van der Waals surface area contributed by atoms with Crippen LogP contribution in [-0.4, -0.2) is 82.8 Å². The van der Waals surface area contributed by atoms with Crippen LogP contribution in [-0.2, 0) is 14.2 Å². The molecule has 1 fully saturated rings. The number of hydrogen-bond donors (Lipinski definition) is 0. The lowest BCUT2D eigenvalue weighted by Gasteiger charge is -2.39. The second kappa shape index (κ2) is 11.0. The monoisotopic (exact) mass is 547 g/mol. The summed E-state index contributed by atoms with van der Waals surface area (Å²) >= 11 is 9.19. The first-order chi connectivity index (χ1) is 15.1. The van der Waals surface area contributed by atoms with E-state index in [4.69, 9.17) is 25.8 Å². The third-order valence-electron chi connectivity index (χ3n) is 4.36. The molecule has 1 aromatic heterocycles. The van der Waals surface area contributed by atoms with Crippen molar-refractivity contribution in [3.63, 3.8) is 0 Å². The minimum absolute atomic E-state index is 0.0277. The van der Waals surface area contributed by atoms with Crippen molar-refractivity contribution in [3.8, 4) is 0 Å². The Balaban J connectivity index is 2.25. The fourth-order valence-electron chi connectivity index (χ4n) is 3.04. The molecule has 1 aromatic rings. The van der Waals surface area contributed by atoms with Crippen LogP contribution in [0.5, 0.6) is 0 Å². The number of morpholine rings is 1. The number of rotatable bonds is 5. The molecule has 1 unspecified atom stereocenters. The normalized spacial score (nSPS) is 16.8. The summed E-state index contributed by atoms with van der Waals surface area (Å²) in [5.74, 6) is -0.355. The second-order valence-corrected chi connectivity index (χ2v) is 10.9. The molecule has 11 heteroatoms. The average molecular weight is 549 g/mol. The van der Waals surface area contributed by atoms with Gasteiger partial charge in [-0.25, -0.2) is 14.6 Å². The van der Waals surface area contributed by atoms with Gasteiger partial charge < -0.3 is 14.2 Å². The molecule has 184 valence electrons. The highest BCUT2D eigenvalue weighted by Crippen LogP contribution is 2.19. The van der Waals surface area contributed by atoms with E-state index in [9.17, 15) is 14.4 Å². The Morgan fingerprint density at radius 1 is 1.18 bits per heavy atom. The molecule has 1 aliphatic heterocycles. The number of pyridine rings is 1. The zero-order chi connectivity index (χ0) is 25.0. The fourth-order valence-corrected chi connectivity index (χ4v) is 3.79. The summed E-state index contributed by atoms with van der Waals surface area (Å²) < 4.78 is 17.0. The molecule has 0 aliphatic carbocycles. The van der Waals surface area contributed by atoms with Crippen molar-refractivity contribution in [2.75, 3.05) is 32.8 Å². The van der Waals surface area contributed by atoms with E-state index in [1.165, 1.54) is 21.9 Å². The summed E-state index contributed by atoms with van der Waals surface area (Å²) in [7, 11) is 0. The van der Waals surface area contributed by atoms with Gasteiger partial charge in [0.25, 0.3) is 0 Å². The van der Waals surface area contributed by atoms with E-state index in [0.29, 0.717) is 23.3 Å². The molecule has 0 saturated carbocycles. The molecule has 1 saturated heterocycles. The van der Waals surface area contributed by atoms with E-state index in [1.807, 2.05) is 0 Å². The smallest absolute Gasteiger partial charge is 0.410 e. The van der Waals surface area contributed by atoms with Crippen molar-refractivity contribution in [2.45, 2.75) is 58.8 Å². The van der Waals surface area contributed by atoms with Crippen LogP contribution in [0.15, 0.2) is 16.7 Å². The molecule has 1 aliphatic rings. The van der Waals surface area contributed by atoms with Gasteiger partial charge in [0.2, 0.25) is 0 Å². The molecule has 0 N–H and O–H groups in total. The molecule has 9 nitrogen and oxygen atoms in total. The Hall–Kier alpha value is -1.91. The molecular formula is C22H31BrClN3O6. The lowest BCUT2D eigenvalue weighted by molar-refractivity contribution is -0.0417. The van der Waals surface area contributed by atoms with Crippen molar-refractivity contribution in [2.24, 2.45) is 0 Å². The van der Waals surface area contributed by atoms with E-state index in [2.05, 4.69) is 20.9 Å². The number of carbonyl (C=O) groups excluding carboxylic acids is 3. The number of Topliss-reactive ketones (excluding diaryl/α,β-unsaturated/α-hetero) is 1. The number of aromatic nitrogens is 1. The maximum Gasteiger partial charge on any atom is 0.410 e. The average Bonchev–Trinajstić information content (AvgIpc) is 2.64. The maximum atomic E-state index is 13.0. The first kappa shape index (κ1) is 27.3. The molecule has 0 spiro atoms. The van der Waals surface area contributed by atoms with Crippen molar-refractivity contribution >= 4 is 45.5 Å². The Labute approximate surface area is 207 Å². The Morgan fingerprint density at radius 2 is 1.82 bits per heavy atom. The molecule has 33 heavy (non-hydrogen) atoms. The van der Waals surface area contributed by atoms with Gasteiger partial charge in [0.05, 0.1) is 25.8 Å². The Kier molecular flexibility index (Phi) is 9.12. The minimum atomic E-state index is -0.769. The molecule has 1 atom stereocenters. The van der Waals surface area contributed by atoms with Crippen LogP contribution in [0.3, 0.4) is 0 Å². The Bertz CT molecular complexity index is 864. The molecule has 0 aromatic carbocycles. The highest BCUT2D eigenvalue weighted by molar-refractivity contribution is 9.10. The number of hydrogen-bond acceptors (Lipinski definition) is 7. The third kappa shape index (κ3) is 9.10. The first-order valence-corrected chi connectivity index (χ1v) is 11.7. The van der Waals surface area contributed by atoms with E-state index >= 15 is 0 Å². The van der Waals surface area contributed by atoms with Gasteiger partial charge >= 0.3 is 12.2 Å². The summed E-state index contributed by atoms with van der Waals surface area (Å²) in [5, 5.41) is 0.147. The number of halogens is 2. The Morgan fingerprint density at radius 3 is 2.39 bits per heavy atom. The predicted octanol–water partition coefficient (Wildman–Crippen LogP) is 4.55. The summed E-state index contributed by atoms with van der Waals surface area (Å²) in [5.41, 5.74) is -1.15. The first-order valence-electron chi connectivity index (χ1n) is 10.6. The molecule has 2 heterocycles. The van der Waals surface area contributed by atoms with Crippen LogP contribution in [0.4, 0.5) is 9.59 Å². The molecule has 2 rings (SSSR count). The highest BCUT2D eigenvalue weighted by Gasteiger charge is 2.35. The van der Waals surface area contributed by atoms with Gasteiger partial charge in [0, 0.05) is 18.7 Å². The van der Waals surface area contributed by atoms with E-state index < -0.39 is 29.4 Å². The summed E-state index contributed by atoms with van der Waals surface area (Å²) in [6.45, 7) is 11.2. The van der Waals surface area contributed by atoms with E-state index in [-0.39, 0.29) is 30.6 Å². The lowest BCUT2D eigenvalue weighted by atomic mass is 10.1. The second-order valence-electron chi connectivity index (χ2n) is 9.69. The lowest BCUT2D eigenvalue weighted by Crippen LogP contribution is -2.56. The minimum Gasteiger partial charge on any atom is -0.444 e. The van der Waals surface area contributed by atoms with Gasteiger partial charge in [0.1, 0.15) is 21.0 Å². The number of amides is 2. The van der Waals surface area contributed by atoms with Crippen LogP contribution in [0.25, 0.3) is 0 Å². The van der Waals surface area contributed by atoms with Gasteiger partial charge in [-0.3, -0.25) is 14.6 Å². The largest absolute Gasteiger partial charge is 0.444 e. The van der Waals surface area contributed by atoms with Crippen LogP contribution >= 0.6 is 27.5 Å². The van der Waals surface area contributed by atoms with Crippen molar-refractivity contribution in [3.05, 3.63) is 27.5 Å². The van der Waals surface area contributed by atoms with Gasteiger partial charge in [-0.05, 0) is 69.6 Å². The zero-order valence-corrected chi connectivity index (χ0v) is 22.2. The van der Waals surface area contributed by atoms with Crippen molar-refractivity contribution in [1.82, 2.24) is 14.8 Å². The van der Waals surface area contributed by atoms with Crippen LogP contribution in [0.1, 0.15) is 51.9 Å². The quantitative estimate of drug-likeness (QED) is 0.393.